The van der Waals surface area contributed by atoms with Gasteiger partial charge in [-0.1, -0.05) is 35.9 Å². The number of para-hydroxylation sites is 1. The first-order valence-corrected chi connectivity index (χ1v) is 15.3. The third-order valence-corrected chi connectivity index (χ3v) is 8.26. The van der Waals surface area contributed by atoms with E-state index in [9.17, 15) is 4.79 Å². The number of nitrogens with zero attached hydrogens (tertiary/aromatic N) is 5. The Bertz CT molecular complexity index is 1930. The largest absolute Gasteiger partial charge is 0.378 e. The minimum Gasteiger partial charge on any atom is -0.378 e. The molecule has 0 atom stereocenters. The fourth-order valence-electron chi connectivity index (χ4n) is 5.08. The second-order valence-corrected chi connectivity index (χ2v) is 11.3. The number of carbonyl (C=O) groups is 1. The molecular weight excluding hydrogens is 596 g/mol. The van der Waals surface area contributed by atoms with Crippen LogP contribution in [0.1, 0.15) is 0 Å². The fourth-order valence-corrected chi connectivity index (χ4v) is 5.98. The summed E-state index contributed by atoms with van der Waals surface area (Å²) in [4.78, 5) is 30.1. The van der Waals surface area contributed by atoms with Gasteiger partial charge in [0, 0.05) is 53.5 Å². The Morgan fingerprint density at radius 2 is 1.75 bits per heavy atom. The quantitative estimate of drug-likeness (QED) is 0.170. The molecular formula is C32H27ClN8O2S. The van der Waals surface area contributed by atoms with Crippen LogP contribution in [0.4, 0.5) is 33.5 Å². The van der Waals surface area contributed by atoms with E-state index in [4.69, 9.17) is 26.3 Å². The number of morpholine rings is 1. The van der Waals surface area contributed by atoms with E-state index in [-0.39, 0.29) is 0 Å². The standard InChI is InChI=1S/C32H27ClN8O2S/c33-25-6-1-2-7-26(25)38-31(42)36-23-5-3-4-21(20-23)28-29(41-16-19-44-32(41)39-28)27-12-13-34-30(37-27)35-22-8-10-24(11-9-22)40-14-17-43-18-15-40/h1-13,16,19-20H,14-15,17-18H2,(H,34,35,37)(H2,36,38,42). The molecule has 2 amide bonds. The van der Waals surface area contributed by atoms with Gasteiger partial charge >= 0.3 is 6.03 Å². The molecule has 0 aliphatic carbocycles. The van der Waals surface area contributed by atoms with Gasteiger partial charge in [0.1, 0.15) is 5.69 Å². The first-order valence-electron chi connectivity index (χ1n) is 14.0. The van der Waals surface area contributed by atoms with Gasteiger partial charge in [-0.3, -0.25) is 4.40 Å². The lowest BCUT2D eigenvalue weighted by atomic mass is 10.1. The topological polar surface area (TPSA) is 109 Å². The van der Waals surface area contributed by atoms with E-state index in [1.807, 2.05) is 70.6 Å². The summed E-state index contributed by atoms with van der Waals surface area (Å²) < 4.78 is 7.49. The van der Waals surface area contributed by atoms with Crippen molar-refractivity contribution in [2.75, 3.05) is 47.2 Å². The lowest BCUT2D eigenvalue weighted by Crippen LogP contribution is -2.36. The van der Waals surface area contributed by atoms with Gasteiger partial charge in [-0.2, -0.15) is 0 Å². The fraction of sp³-hybridized carbons (Fsp3) is 0.125. The Labute approximate surface area is 262 Å². The highest BCUT2D eigenvalue weighted by Crippen LogP contribution is 2.35. The van der Waals surface area contributed by atoms with E-state index in [0.717, 1.165) is 59.6 Å². The maximum atomic E-state index is 12.7. The number of hydrogen-bond acceptors (Lipinski definition) is 8. The first-order chi connectivity index (χ1) is 21.6. The zero-order valence-corrected chi connectivity index (χ0v) is 25.0. The van der Waals surface area contributed by atoms with Gasteiger partial charge in [0.15, 0.2) is 4.96 Å². The first kappa shape index (κ1) is 27.8. The molecule has 1 aliphatic rings. The van der Waals surface area contributed by atoms with E-state index in [1.165, 1.54) is 11.3 Å². The molecule has 3 aromatic carbocycles. The van der Waals surface area contributed by atoms with Crippen molar-refractivity contribution in [2.24, 2.45) is 0 Å². The average molecular weight is 623 g/mol. The van der Waals surface area contributed by atoms with Crippen LogP contribution >= 0.6 is 22.9 Å². The summed E-state index contributed by atoms with van der Waals surface area (Å²) >= 11 is 7.74. The molecule has 0 unspecified atom stereocenters. The van der Waals surface area contributed by atoms with Crippen molar-refractivity contribution in [1.29, 1.82) is 0 Å². The molecule has 0 saturated carbocycles. The number of benzene rings is 3. The number of imidazole rings is 1. The average Bonchev–Trinajstić information content (AvgIpc) is 3.65. The molecule has 10 nitrogen and oxygen atoms in total. The summed E-state index contributed by atoms with van der Waals surface area (Å²) in [6, 6.07) is 24.4. The number of thiazole rings is 1. The smallest absolute Gasteiger partial charge is 0.323 e. The van der Waals surface area contributed by atoms with E-state index in [0.29, 0.717) is 28.0 Å². The van der Waals surface area contributed by atoms with E-state index < -0.39 is 6.03 Å². The highest BCUT2D eigenvalue weighted by molar-refractivity contribution is 7.15. The molecule has 4 heterocycles. The van der Waals surface area contributed by atoms with Crippen molar-refractivity contribution in [2.45, 2.75) is 0 Å². The van der Waals surface area contributed by atoms with Gasteiger partial charge in [0.25, 0.3) is 0 Å². The predicted octanol–water partition coefficient (Wildman–Crippen LogP) is 7.40. The molecule has 3 N–H and O–H groups in total. The van der Waals surface area contributed by atoms with Crippen LogP contribution in [-0.2, 0) is 4.74 Å². The van der Waals surface area contributed by atoms with Crippen LogP contribution in [0.5, 0.6) is 0 Å². The van der Waals surface area contributed by atoms with Gasteiger partial charge in [-0.15, -0.1) is 11.3 Å². The van der Waals surface area contributed by atoms with Crippen LogP contribution in [0.3, 0.4) is 0 Å². The van der Waals surface area contributed by atoms with Gasteiger partial charge < -0.3 is 25.6 Å². The third kappa shape index (κ3) is 5.93. The van der Waals surface area contributed by atoms with Gasteiger partial charge in [-0.25, -0.2) is 19.7 Å². The molecule has 220 valence electrons. The SMILES string of the molecule is O=C(Nc1cccc(-c2nc3sccn3c2-c2ccnc(Nc3ccc(N4CCOCC4)cc3)n2)c1)Nc1ccccc1Cl. The summed E-state index contributed by atoms with van der Waals surface area (Å²) in [5, 5.41) is 11.5. The van der Waals surface area contributed by atoms with Crippen molar-refractivity contribution >= 4 is 62.6 Å². The molecule has 1 fully saturated rings. The Morgan fingerprint density at radius 3 is 2.59 bits per heavy atom. The highest BCUT2D eigenvalue weighted by Gasteiger charge is 2.19. The second-order valence-electron chi connectivity index (χ2n) is 10.0. The Kier molecular flexibility index (Phi) is 7.80. The number of anilines is 5. The summed E-state index contributed by atoms with van der Waals surface area (Å²) in [6.45, 7) is 3.26. The van der Waals surface area contributed by atoms with Crippen LogP contribution in [0.25, 0.3) is 27.6 Å². The molecule has 0 spiro atoms. The van der Waals surface area contributed by atoms with Crippen molar-refractivity contribution in [3.05, 3.63) is 102 Å². The maximum absolute atomic E-state index is 12.7. The number of urea groups is 1. The zero-order chi connectivity index (χ0) is 29.9. The van der Waals surface area contributed by atoms with Crippen LogP contribution < -0.4 is 20.9 Å². The second kappa shape index (κ2) is 12.3. The molecule has 6 aromatic rings. The summed E-state index contributed by atoms with van der Waals surface area (Å²) in [5.74, 6) is 0.476. The molecule has 0 bridgehead atoms. The van der Waals surface area contributed by atoms with E-state index in [2.05, 4.69) is 38.0 Å². The molecule has 0 radical (unpaired) electrons. The van der Waals surface area contributed by atoms with Gasteiger partial charge in [0.2, 0.25) is 5.95 Å². The molecule has 1 aliphatic heterocycles. The number of amides is 2. The number of ether oxygens (including phenoxy) is 1. The lowest BCUT2D eigenvalue weighted by molar-refractivity contribution is 0.122. The lowest BCUT2D eigenvalue weighted by Gasteiger charge is -2.28. The Hall–Kier alpha value is -4.97. The van der Waals surface area contributed by atoms with Crippen molar-refractivity contribution in [1.82, 2.24) is 19.4 Å². The van der Waals surface area contributed by atoms with Crippen molar-refractivity contribution in [3.63, 3.8) is 0 Å². The number of nitrogens with one attached hydrogen (secondary N) is 3. The monoisotopic (exact) mass is 622 g/mol. The van der Waals surface area contributed by atoms with Gasteiger partial charge in [0.05, 0.1) is 35.3 Å². The number of rotatable bonds is 7. The van der Waals surface area contributed by atoms with Gasteiger partial charge in [-0.05, 0) is 54.6 Å². The van der Waals surface area contributed by atoms with Crippen LogP contribution in [0.2, 0.25) is 5.02 Å². The van der Waals surface area contributed by atoms with Crippen LogP contribution in [-0.4, -0.2) is 51.7 Å². The molecule has 12 heteroatoms. The minimum atomic E-state index is -0.397. The van der Waals surface area contributed by atoms with Crippen molar-refractivity contribution in [3.8, 4) is 22.6 Å². The normalized spacial score (nSPS) is 13.2. The molecule has 1 saturated heterocycles. The number of aromatic nitrogens is 4. The Balaban J connectivity index is 1.14. The number of hydrogen-bond donors (Lipinski definition) is 3. The summed E-state index contributed by atoms with van der Waals surface area (Å²) in [5.41, 5.74) is 6.30. The van der Waals surface area contributed by atoms with E-state index in [1.54, 1.807) is 18.3 Å². The predicted molar refractivity (Wildman–Crippen MR) is 176 cm³/mol. The maximum Gasteiger partial charge on any atom is 0.323 e. The number of carbonyl (C=O) groups excluding carboxylic acids is 1. The zero-order valence-electron chi connectivity index (χ0n) is 23.4. The van der Waals surface area contributed by atoms with E-state index >= 15 is 0 Å². The highest BCUT2D eigenvalue weighted by atomic mass is 35.5. The third-order valence-electron chi connectivity index (χ3n) is 7.18. The molecule has 44 heavy (non-hydrogen) atoms. The Morgan fingerprint density at radius 1 is 0.909 bits per heavy atom. The minimum absolute atomic E-state index is 0.397. The summed E-state index contributed by atoms with van der Waals surface area (Å²) in [6.07, 6.45) is 3.71. The van der Waals surface area contributed by atoms with Crippen LogP contribution in [0.15, 0.2) is 96.6 Å². The molecule has 7 rings (SSSR count). The number of halogens is 1. The number of fused-ring (bicyclic) bond motifs is 1. The van der Waals surface area contributed by atoms with Crippen LogP contribution in [0, 0.1) is 0 Å². The van der Waals surface area contributed by atoms with Crippen molar-refractivity contribution < 1.29 is 9.53 Å². The summed E-state index contributed by atoms with van der Waals surface area (Å²) in [7, 11) is 0. The molecule has 3 aromatic heterocycles.